The van der Waals surface area contributed by atoms with E-state index in [1.807, 2.05) is 37.3 Å². The number of primary amides is 1. The van der Waals surface area contributed by atoms with Crippen molar-refractivity contribution in [3.63, 3.8) is 0 Å². The predicted octanol–water partition coefficient (Wildman–Crippen LogP) is 2.85. The van der Waals surface area contributed by atoms with E-state index in [1.165, 1.54) is 0 Å². The number of aryl methyl sites for hydroxylation is 1. The van der Waals surface area contributed by atoms with Crippen molar-refractivity contribution >= 4 is 21.8 Å². The number of aromatic amines is 1. The van der Waals surface area contributed by atoms with E-state index in [1.54, 1.807) is 0 Å². The summed E-state index contributed by atoms with van der Waals surface area (Å²) in [5, 5.41) is 0. The number of hydrogen-bond donors (Lipinski definition) is 2. The Balaban J connectivity index is 2.61. The summed E-state index contributed by atoms with van der Waals surface area (Å²) in [5.74, 6) is -0.428. The molecule has 3 N–H and O–H groups in total. The number of halogens is 1. The van der Waals surface area contributed by atoms with Crippen molar-refractivity contribution in [3.8, 4) is 11.3 Å². The molecule has 0 unspecified atom stereocenters. The van der Waals surface area contributed by atoms with Gasteiger partial charge >= 0.3 is 0 Å². The Morgan fingerprint density at radius 3 is 2.44 bits per heavy atom. The van der Waals surface area contributed by atoms with Gasteiger partial charge in [-0.25, -0.2) is 0 Å². The van der Waals surface area contributed by atoms with Crippen LogP contribution < -0.4 is 5.73 Å². The average Bonchev–Trinajstić information content (AvgIpc) is 2.55. The lowest BCUT2D eigenvalue weighted by Gasteiger charge is -1.98. The van der Waals surface area contributed by atoms with Gasteiger partial charge in [0.1, 0.15) is 0 Å². The van der Waals surface area contributed by atoms with Crippen LogP contribution in [0.4, 0.5) is 0 Å². The minimum absolute atomic E-state index is 0.428. The zero-order valence-corrected chi connectivity index (χ0v) is 10.3. The second-order valence-electron chi connectivity index (χ2n) is 3.54. The van der Waals surface area contributed by atoms with Crippen molar-refractivity contribution in [1.29, 1.82) is 0 Å². The lowest BCUT2D eigenvalue weighted by atomic mass is 10.1. The van der Waals surface area contributed by atoms with Crippen molar-refractivity contribution in [2.24, 2.45) is 5.73 Å². The maximum absolute atomic E-state index is 11.3. The fourth-order valence-corrected chi connectivity index (χ4v) is 2.51. The fraction of sp³-hybridized carbons (Fsp3) is 0.0833. The number of hydrogen-bond acceptors (Lipinski definition) is 1. The number of carbonyl (C=O) groups is 1. The first-order valence-corrected chi connectivity index (χ1v) is 5.64. The molecule has 0 radical (unpaired) electrons. The van der Waals surface area contributed by atoms with Gasteiger partial charge in [0.25, 0.3) is 5.91 Å². The lowest BCUT2D eigenvalue weighted by molar-refractivity contribution is 0.0999. The number of benzene rings is 1. The van der Waals surface area contributed by atoms with E-state index < -0.39 is 5.91 Å². The van der Waals surface area contributed by atoms with Crippen LogP contribution in [-0.4, -0.2) is 10.9 Å². The Morgan fingerprint density at radius 2 is 1.94 bits per heavy atom. The summed E-state index contributed by atoms with van der Waals surface area (Å²) in [6, 6.07) is 9.79. The molecule has 0 aliphatic heterocycles. The molecule has 1 heterocycles. The number of H-pyrrole nitrogens is 1. The molecule has 1 amide bonds. The Labute approximate surface area is 102 Å². The first kappa shape index (κ1) is 11.0. The number of aromatic nitrogens is 1. The molecule has 82 valence electrons. The fourth-order valence-electron chi connectivity index (χ4n) is 1.69. The highest BCUT2D eigenvalue weighted by Crippen LogP contribution is 2.32. The Bertz CT molecular complexity index is 531. The monoisotopic (exact) mass is 278 g/mol. The molecule has 0 atom stereocenters. The maximum Gasteiger partial charge on any atom is 0.251 e. The summed E-state index contributed by atoms with van der Waals surface area (Å²) in [6.45, 7) is 1.83. The molecule has 2 aromatic rings. The van der Waals surface area contributed by atoms with Crippen LogP contribution in [0.3, 0.4) is 0 Å². The molecule has 0 saturated heterocycles. The van der Waals surface area contributed by atoms with Gasteiger partial charge in [-0.15, -0.1) is 0 Å². The first-order chi connectivity index (χ1) is 7.61. The quantitative estimate of drug-likeness (QED) is 0.872. The Morgan fingerprint density at radius 1 is 1.31 bits per heavy atom. The minimum Gasteiger partial charge on any atom is -0.366 e. The third-order valence-electron chi connectivity index (χ3n) is 2.44. The summed E-state index contributed by atoms with van der Waals surface area (Å²) in [4.78, 5) is 14.4. The second kappa shape index (κ2) is 4.14. The van der Waals surface area contributed by atoms with Crippen molar-refractivity contribution < 1.29 is 4.79 Å². The first-order valence-electron chi connectivity index (χ1n) is 4.84. The van der Waals surface area contributed by atoms with Gasteiger partial charge in [-0.3, -0.25) is 4.79 Å². The van der Waals surface area contributed by atoms with Crippen LogP contribution in [0.25, 0.3) is 11.3 Å². The number of nitrogens with two attached hydrogens (primary N) is 1. The SMILES string of the molecule is Cc1[nH]c(-c2ccccc2)c(Br)c1C(N)=O. The number of amides is 1. The summed E-state index contributed by atoms with van der Waals surface area (Å²) in [7, 11) is 0. The summed E-state index contributed by atoms with van der Waals surface area (Å²) < 4.78 is 0.726. The molecule has 1 aromatic heterocycles. The van der Waals surface area contributed by atoms with E-state index in [0.29, 0.717) is 5.56 Å². The van der Waals surface area contributed by atoms with Crippen molar-refractivity contribution in [2.45, 2.75) is 6.92 Å². The van der Waals surface area contributed by atoms with E-state index in [4.69, 9.17) is 5.73 Å². The van der Waals surface area contributed by atoms with Crippen LogP contribution in [0.15, 0.2) is 34.8 Å². The van der Waals surface area contributed by atoms with E-state index >= 15 is 0 Å². The van der Waals surface area contributed by atoms with Gasteiger partial charge in [0.05, 0.1) is 15.7 Å². The normalized spacial score (nSPS) is 10.4. The zero-order valence-electron chi connectivity index (χ0n) is 8.75. The van der Waals surface area contributed by atoms with Gasteiger partial charge < -0.3 is 10.7 Å². The molecule has 0 saturated carbocycles. The number of rotatable bonds is 2. The molecule has 0 aliphatic rings. The van der Waals surface area contributed by atoms with Gasteiger partial charge in [0.15, 0.2) is 0 Å². The second-order valence-corrected chi connectivity index (χ2v) is 4.34. The minimum atomic E-state index is -0.428. The highest BCUT2D eigenvalue weighted by molar-refractivity contribution is 9.10. The van der Waals surface area contributed by atoms with Crippen molar-refractivity contribution in [3.05, 3.63) is 46.1 Å². The zero-order chi connectivity index (χ0) is 11.7. The van der Waals surface area contributed by atoms with Gasteiger partial charge in [-0.05, 0) is 28.4 Å². The highest BCUT2D eigenvalue weighted by Gasteiger charge is 2.17. The Kier molecular flexibility index (Phi) is 2.83. The van der Waals surface area contributed by atoms with Crippen LogP contribution in [0.2, 0.25) is 0 Å². The summed E-state index contributed by atoms with van der Waals surface area (Å²) in [5.41, 5.74) is 8.51. The van der Waals surface area contributed by atoms with Crippen molar-refractivity contribution in [2.75, 3.05) is 0 Å². The smallest absolute Gasteiger partial charge is 0.251 e. The molecule has 0 spiro atoms. The van der Waals surface area contributed by atoms with Gasteiger partial charge in [0.2, 0.25) is 0 Å². The molecule has 0 aliphatic carbocycles. The van der Waals surface area contributed by atoms with Gasteiger partial charge in [-0.2, -0.15) is 0 Å². The molecule has 4 heteroatoms. The third-order valence-corrected chi connectivity index (χ3v) is 3.23. The van der Waals surface area contributed by atoms with Crippen LogP contribution in [0, 0.1) is 6.92 Å². The molecule has 0 bridgehead atoms. The standard InChI is InChI=1S/C12H11BrN2O/c1-7-9(12(14)16)10(13)11(15-7)8-5-3-2-4-6-8/h2-6,15H,1H3,(H2,14,16). The highest BCUT2D eigenvalue weighted by atomic mass is 79.9. The van der Waals surface area contributed by atoms with E-state index in [9.17, 15) is 4.79 Å². The summed E-state index contributed by atoms with van der Waals surface area (Å²) >= 11 is 3.41. The topological polar surface area (TPSA) is 58.9 Å². The van der Waals surface area contributed by atoms with Crippen LogP contribution >= 0.6 is 15.9 Å². The van der Waals surface area contributed by atoms with Gasteiger partial charge in [-0.1, -0.05) is 30.3 Å². The van der Waals surface area contributed by atoms with E-state index in [0.717, 1.165) is 21.4 Å². The van der Waals surface area contributed by atoms with E-state index in [2.05, 4.69) is 20.9 Å². The van der Waals surface area contributed by atoms with E-state index in [-0.39, 0.29) is 0 Å². The largest absolute Gasteiger partial charge is 0.366 e. The Hall–Kier alpha value is -1.55. The third kappa shape index (κ3) is 1.76. The van der Waals surface area contributed by atoms with Gasteiger partial charge in [0, 0.05) is 5.69 Å². The average molecular weight is 279 g/mol. The van der Waals surface area contributed by atoms with Crippen LogP contribution in [0.1, 0.15) is 16.1 Å². The molecular formula is C12H11BrN2O. The molecule has 16 heavy (non-hydrogen) atoms. The van der Waals surface area contributed by atoms with Crippen molar-refractivity contribution in [1.82, 2.24) is 4.98 Å². The molecule has 2 rings (SSSR count). The lowest BCUT2D eigenvalue weighted by Crippen LogP contribution is -2.11. The molecule has 3 nitrogen and oxygen atoms in total. The number of nitrogens with one attached hydrogen (secondary N) is 1. The molecular weight excluding hydrogens is 268 g/mol. The summed E-state index contributed by atoms with van der Waals surface area (Å²) in [6.07, 6.45) is 0. The van der Waals surface area contributed by atoms with Crippen LogP contribution in [0.5, 0.6) is 0 Å². The van der Waals surface area contributed by atoms with Crippen LogP contribution in [-0.2, 0) is 0 Å². The molecule has 1 aromatic carbocycles. The maximum atomic E-state index is 11.3. The predicted molar refractivity (Wildman–Crippen MR) is 67.2 cm³/mol. The molecule has 0 fully saturated rings. The number of carbonyl (C=O) groups excluding carboxylic acids is 1.